The molecule has 2 aromatic carbocycles. The van der Waals surface area contributed by atoms with E-state index in [-0.39, 0.29) is 0 Å². The number of para-hydroxylation sites is 1. The summed E-state index contributed by atoms with van der Waals surface area (Å²) in [6.07, 6.45) is 0. The Kier molecular flexibility index (Phi) is 4.54. The molecule has 2 N–H and O–H groups in total. The molecule has 2 nitrogen and oxygen atoms in total. The maximum Gasteiger partial charge on any atom is 0.175 e. The second-order valence-electron chi connectivity index (χ2n) is 3.92. The maximum atomic E-state index is 5.28. The van der Waals surface area contributed by atoms with E-state index in [1.807, 2.05) is 36.4 Å². The smallest absolute Gasteiger partial charge is 0.175 e. The van der Waals surface area contributed by atoms with Crippen LogP contribution in [0, 0.1) is 10.5 Å². The Morgan fingerprint density at radius 2 is 1.67 bits per heavy atom. The van der Waals surface area contributed by atoms with Gasteiger partial charge in [0.15, 0.2) is 5.11 Å². The van der Waals surface area contributed by atoms with E-state index in [2.05, 4.69) is 52.3 Å². The van der Waals surface area contributed by atoms with Crippen LogP contribution < -0.4 is 10.6 Å². The third kappa shape index (κ3) is 3.68. The first kappa shape index (κ1) is 13.3. The Hall–Kier alpha value is -1.14. The first-order chi connectivity index (χ1) is 8.65. The van der Waals surface area contributed by atoms with Crippen molar-refractivity contribution in [2.45, 2.75) is 6.92 Å². The first-order valence-electron chi connectivity index (χ1n) is 5.54. The molecule has 0 aromatic heterocycles. The molecule has 0 aliphatic carbocycles. The number of halogens is 1. The van der Waals surface area contributed by atoms with Crippen LogP contribution in [0.5, 0.6) is 0 Å². The Bertz CT molecular complexity index is 552. The highest BCUT2D eigenvalue weighted by molar-refractivity contribution is 14.1. The van der Waals surface area contributed by atoms with E-state index in [0.29, 0.717) is 5.11 Å². The molecular formula is C14H13IN2S. The number of hydrogen-bond donors (Lipinski definition) is 2. The number of anilines is 2. The van der Waals surface area contributed by atoms with Crippen LogP contribution in [0.2, 0.25) is 0 Å². The second kappa shape index (κ2) is 6.15. The van der Waals surface area contributed by atoms with Crippen LogP contribution in [0.3, 0.4) is 0 Å². The van der Waals surface area contributed by atoms with Crippen molar-refractivity contribution in [3.8, 4) is 0 Å². The van der Waals surface area contributed by atoms with E-state index in [9.17, 15) is 0 Å². The van der Waals surface area contributed by atoms with Gasteiger partial charge in [-0.15, -0.1) is 0 Å². The summed E-state index contributed by atoms with van der Waals surface area (Å²) < 4.78 is 1.14. The fourth-order valence-corrected chi connectivity index (χ4v) is 2.23. The van der Waals surface area contributed by atoms with Gasteiger partial charge in [-0.1, -0.05) is 29.8 Å². The first-order valence-corrected chi connectivity index (χ1v) is 7.03. The molecule has 0 fully saturated rings. The van der Waals surface area contributed by atoms with Crippen LogP contribution in [0.1, 0.15) is 5.56 Å². The maximum absolute atomic E-state index is 5.28. The Morgan fingerprint density at radius 3 is 2.33 bits per heavy atom. The van der Waals surface area contributed by atoms with Crippen LogP contribution in [0.4, 0.5) is 11.4 Å². The van der Waals surface area contributed by atoms with Gasteiger partial charge in [0.2, 0.25) is 0 Å². The topological polar surface area (TPSA) is 24.1 Å². The fourth-order valence-electron chi connectivity index (χ4n) is 1.48. The number of hydrogen-bond acceptors (Lipinski definition) is 1. The number of nitrogens with one attached hydrogen (secondary N) is 2. The van der Waals surface area contributed by atoms with Crippen LogP contribution in [-0.4, -0.2) is 5.11 Å². The Labute approximate surface area is 126 Å². The molecule has 0 radical (unpaired) electrons. The normalized spacial score (nSPS) is 9.89. The largest absolute Gasteiger partial charge is 0.332 e. The van der Waals surface area contributed by atoms with Crippen molar-refractivity contribution in [3.63, 3.8) is 0 Å². The summed E-state index contributed by atoms with van der Waals surface area (Å²) in [5.41, 5.74) is 3.24. The predicted molar refractivity (Wildman–Crippen MR) is 90.2 cm³/mol. The zero-order valence-corrected chi connectivity index (χ0v) is 12.9. The highest BCUT2D eigenvalue weighted by Crippen LogP contribution is 2.17. The minimum Gasteiger partial charge on any atom is -0.332 e. The summed E-state index contributed by atoms with van der Waals surface area (Å²) in [5.74, 6) is 0. The summed E-state index contributed by atoms with van der Waals surface area (Å²) in [6, 6.07) is 16.2. The van der Waals surface area contributed by atoms with E-state index in [1.54, 1.807) is 0 Å². The Balaban J connectivity index is 2.01. The van der Waals surface area contributed by atoms with Gasteiger partial charge in [0, 0.05) is 9.26 Å². The van der Waals surface area contributed by atoms with Crippen LogP contribution in [0.15, 0.2) is 48.5 Å². The predicted octanol–water partition coefficient (Wildman–Crippen LogP) is 4.41. The molecule has 0 bridgehead atoms. The zero-order valence-electron chi connectivity index (χ0n) is 9.91. The van der Waals surface area contributed by atoms with Gasteiger partial charge in [0.05, 0.1) is 5.69 Å². The summed E-state index contributed by atoms with van der Waals surface area (Å²) in [5, 5.41) is 6.95. The number of thiocarbonyl (C=S) groups is 1. The van der Waals surface area contributed by atoms with Crippen LogP contribution in [-0.2, 0) is 0 Å². The standard InChI is InChI=1S/C14H13IN2S/c1-10-6-8-11(9-7-10)16-14(18)17-13-5-3-2-4-12(13)15/h2-9H,1H3,(H2,16,17,18). The highest BCUT2D eigenvalue weighted by Gasteiger charge is 2.01. The van der Waals surface area contributed by atoms with E-state index >= 15 is 0 Å². The summed E-state index contributed by atoms with van der Waals surface area (Å²) in [7, 11) is 0. The van der Waals surface area contributed by atoms with Crippen molar-refractivity contribution >= 4 is 51.3 Å². The SMILES string of the molecule is Cc1ccc(NC(=S)Nc2ccccc2I)cc1. The van der Waals surface area contributed by atoms with E-state index < -0.39 is 0 Å². The van der Waals surface area contributed by atoms with Crippen LogP contribution >= 0.6 is 34.8 Å². The van der Waals surface area contributed by atoms with Gasteiger partial charge >= 0.3 is 0 Å². The molecule has 0 unspecified atom stereocenters. The van der Waals surface area contributed by atoms with Gasteiger partial charge in [0.1, 0.15) is 0 Å². The molecule has 2 rings (SSSR count). The molecule has 18 heavy (non-hydrogen) atoms. The van der Waals surface area contributed by atoms with Gasteiger partial charge in [-0.3, -0.25) is 0 Å². The quantitative estimate of drug-likeness (QED) is 0.607. The van der Waals surface area contributed by atoms with Crippen molar-refractivity contribution in [3.05, 3.63) is 57.7 Å². The van der Waals surface area contributed by atoms with E-state index in [1.165, 1.54) is 5.56 Å². The lowest BCUT2D eigenvalue weighted by Gasteiger charge is -2.11. The molecule has 0 saturated carbocycles. The zero-order chi connectivity index (χ0) is 13.0. The lowest BCUT2D eigenvalue weighted by Crippen LogP contribution is -2.19. The lowest BCUT2D eigenvalue weighted by molar-refractivity contribution is 1.47. The molecule has 4 heteroatoms. The van der Waals surface area contributed by atoms with Crippen molar-refractivity contribution in [2.75, 3.05) is 10.6 Å². The average molecular weight is 368 g/mol. The molecule has 0 atom stereocenters. The molecule has 2 aromatic rings. The molecule has 0 aliphatic heterocycles. The second-order valence-corrected chi connectivity index (χ2v) is 5.50. The summed E-state index contributed by atoms with van der Waals surface area (Å²) in [6.45, 7) is 2.06. The van der Waals surface area contributed by atoms with Gasteiger partial charge in [-0.05, 0) is 66.0 Å². The van der Waals surface area contributed by atoms with Crippen molar-refractivity contribution in [1.29, 1.82) is 0 Å². The molecule has 0 aliphatic rings. The molecule has 0 heterocycles. The van der Waals surface area contributed by atoms with Gasteiger partial charge < -0.3 is 10.6 Å². The molecule has 0 spiro atoms. The summed E-state index contributed by atoms with van der Waals surface area (Å²) in [4.78, 5) is 0. The van der Waals surface area contributed by atoms with E-state index in [4.69, 9.17) is 12.2 Å². The highest BCUT2D eigenvalue weighted by atomic mass is 127. The fraction of sp³-hybridized carbons (Fsp3) is 0.0714. The van der Waals surface area contributed by atoms with Crippen molar-refractivity contribution in [1.82, 2.24) is 0 Å². The third-order valence-electron chi connectivity index (χ3n) is 2.43. The van der Waals surface area contributed by atoms with Crippen LogP contribution in [0.25, 0.3) is 0 Å². The van der Waals surface area contributed by atoms with Gasteiger partial charge in [0.25, 0.3) is 0 Å². The molecule has 0 amide bonds. The minimum absolute atomic E-state index is 0.600. The molecule has 0 saturated heterocycles. The Morgan fingerprint density at radius 1 is 1.00 bits per heavy atom. The average Bonchev–Trinajstić information content (AvgIpc) is 2.35. The van der Waals surface area contributed by atoms with Crippen molar-refractivity contribution in [2.24, 2.45) is 0 Å². The van der Waals surface area contributed by atoms with Gasteiger partial charge in [-0.2, -0.15) is 0 Å². The third-order valence-corrected chi connectivity index (χ3v) is 3.58. The van der Waals surface area contributed by atoms with E-state index in [0.717, 1.165) is 14.9 Å². The monoisotopic (exact) mass is 368 g/mol. The number of aryl methyl sites for hydroxylation is 1. The summed E-state index contributed by atoms with van der Waals surface area (Å²) >= 11 is 7.56. The molecular weight excluding hydrogens is 355 g/mol. The van der Waals surface area contributed by atoms with Crippen molar-refractivity contribution < 1.29 is 0 Å². The minimum atomic E-state index is 0.600. The van der Waals surface area contributed by atoms with Gasteiger partial charge in [-0.25, -0.2) is 0 Å². The lowest BCUT2D eigenvalue weighted by atomic mass is 10.2. The molecule has 92 valence electrons. The number of rotatable bonds is 2. The number of benzene rings is 2.